The van der Waals surface area contributed by atoms with E-state index in [2.05, 4.69) is 10.2 Å². The Balaban J connectivity index is 2.45. The molecule has 0 saturated carbocycles. The number of hydrogen-bond acceptors (Lipinski definition) is 3. The Kier molecular flexibility index (Phi) is 2.79. The predicted octanol–water partition coefficient (Wildman–Crippen LogP) is 2.38. The van der Waals surface area contributed by atoms with E-state index in [-0.39, 0.29) is 6.42 Å². The van der Waals surface area contributed by atoms with Gasteiger partial charge in [0.15, 0.2) is 0 Å². The highest BCUT2D eigenvalue weighted by molar-refractivity contribution is 5.78. The van der Waals surface area contributed by atoms with Crippen molar-refractivity contribution in [3.05, 3.63) is 36.0 Å². The van der Waals surface area contributed by atoms with Gasteiger partial charge in [0.1, 0.15) is 0 Å². The van der Waals surface area contributed by atoms with Crippen molar-refractivity contribution in [3.63, 3.8) is 0 Å². The van der Waals surface area contributed by atoms with Crippen LogP contribution in [0.1, 0.15) is 26.0 Å². The first-order valence-electron chi connectivity index (χ1n) is 5.44. The normalized spacial score (nSPS) is 11.6. The second-order valence-electron chi connectivity index (χ2n) is 4.74. The lowest BCUT2D eigenvalue weighted by Gasteiger charge is -2.21. The van der Waals surface area contributed by atoms with Crippen molar-refractivity contribution in [1.29, 1.82) is 0 Å². The molecule has 1 aromatic heterocycles. The number of carboxylic acids is 1. The van der Waals surface area contributed by atoms with Gasteiger partial charge in [0.25, 0.3) is 0 Å². The maximum atomic E-state index is 10.8. The zero-order chi connectivity index (χ0) is 12.5. The molecule has 0 unspecified atom stereocenters. The fraction of sp³-hybridized carbons (Fsp3) is 0.308. The van der Waals surface area contributed by atoms with Crippen LogP contribution >= 0.6 is 0 Å². The predicted molar refractivity (Wildman–Crippen MR) is 64.8 cm³/mol. The Bertz CT molecular complexity index is 564. The van der Waals surface area contributed by atoms with Gasteiger partial charge in [-0.25, -0.2) is 0 Å². The van der Waals surface area contributed by atoms with Crippen LogP contribution in [0.3, 0.4) is 0 Å². The number of aliphatic carboxylic acids is 1. The van der Waals surface area contributed by atoms with Crippen molar-refractivity contribution < 1.29 is 9.90 Å². The lowest BCUT2D eigenvalue weighted by molar-refractivity contribution is -0.138. The van der Waals surface area contributed by atoms with Gasteiger partial charge in [0, 0.05) is 10.8 Å². The first-order chi connectivity index (χ1) is 7.99. The molecule has 2 aromatic rings. The van der Waals surface area contributed by atoms with Crippen LogP contribution in [0.5, 0.6) is 0 Å². The van der Waals surface area contributed by atoms with E-state index in [0.29, 0.717) is 5.69 Å². The van der Waals surface area contributed by atoms with Gasteiger partial charge in [0.05, 0.1) is 17.6 Å². The summed E-state index contributed by atoms with van der Waals surface area (Å²) in [6.45, 7) is 3.72. The molecule has 1 aromatic carbocycles. The molecule has 0 aliphatic heterocycles. The molecule has 1 heterocycles. The molecule has 4 nitrogen and oxygen atoms in total. The average Bonchev–Trinajstić information content (AvgIpc) is 2.26. The SMILES string of the molecule is CC(C)(CC(=O)O)c1cc2ccccc2nn1. The zero-order valence-electron chi connectivity index (χ0n) is 9.84. The van der Waals surface area contributed by atoms with Gasteiger partial charge < -0.3 is 5.11 Å². The quantitative estimate of drug-likeness (QED) is 0.879. The van der Waals surface area contributed by atoms with Crippen LogP contribution in [0, 0.1) is 0 Å². The molecule has 0 spiro atoms. The largest absolute Gasteiger partial charge is 0.481 e. The van der Waals surface area contributed by atoms with E-state index in [1.54, 1.807) is 0 Å². The summed E-state index contributed by atoms with van der Waals surface area (Å²) >= 11 is 0. The van der Waals surface area contributed by atoms with Crippen LogP contribution in [0.25, 0.3) is 10.9 Å². The van der Waals surface area contributed by atoms with Gasteiger partial charge in [-0.2, -0.15) is 10.2 Å². The maximum Gasteiger partial charge on any atom is 0.304 e. The summed E-state index contributed by atoms with van der Waals surface area (Å²) < 4.78 is 0. The third kappa shape index (κ3) is 2.41. The standard InChI is InChI=1S/C13H14N2O2/c1-13(2,8-12(16)17)11-7-9-5-3-4-6-10(9)14-15-11/h3-7H,8H2,1-2H3,(H,16,17). The lowest BCUT2D eigenvalue weighted by Crippen LogP contribution is -2.23. The van der Waals surface area contributed by atoms with E-state index in [0.717, 1.165) is 10.9 Å². The molecule has 0 amide bonds. The Hall–Kier alpha value is -1.97. The van der Waals surface area contributed by atoms with Gasteiger partial charge in [-0.1, -0.05) is 32.0 Å². The van der Waals surface area contributed by atoms with Gasteiger partial charge >= 0.3 is 5.97 Å². The lowest BCUT2D eigenvalue weighted by atomic mass is 9.85. The number of hydrogen-bond donors (Lipinski definition) is 1. The highest BCUT2D eigenvalue weighted by Gasteiger charge is 2.26. The van der Waals surface area contributed by atoms with Crippen molar-refractivity contribution in [1.82, 2.24) is 10.2 Å². The number of fused-ring (bicyclic) bond motifs is 1. The molecule has 0 bridgehead atoms. The monoisotopic (exact) mass is 230 g/mol. The van der Waals surface area contributed by atoms with Crippen LogP contribution in [0.4, 0.5) is 0 Å². The number of aromatic nitrogens is 2. The highest BCUT2D eigenvalue weighted by atomic mass is 16.4. The van der Waals surface area contributed by atoms with Gasteiger partial charge in [-0.3, -0.25) is 4.79 Å². The van der Waals surface area contributed by atoms with Crippen molar-refractivity contribution in [3.8, 4) is 0 Å². The molecule has 88 valence electrons. The molecule has 0 aliphatic carbocycles. The van der Waals surface area contributed by atoms with Crippen LogP contribution in [-0.2, 0) is 10.2 Å². The highest BCUT2D eigenvalue weighted by Crippen LogP contribution is 2.26. The smallest absolute Gasteiger partial charge is 0.304 e. The number of carbonyl (C=O) groups is 1. The molecule has 0 saturated heterocycles. The first-order valence-corrected chi connectivity index (χ1v) is 5.44. The molecule has 0 aliphatic rings. The van der Waals surface area contributed by atoms with Crippen molar-refractivity contribution in [2.75, 3.05) is 0 Å². The summed E-state index contributed by atoms with van der Waals surface area (Å²) in [4.78, 5) is 10.8. The first kappa shape index (κ1) is 11.5. The van der Waals surface area contributed by atoms with Crippen LogP contribution in [-0.4, -0.2) is 21.3 Å². The third-order valence-corrected chi connectivity index (χ3v) is 2.78. The summed E-state index contributed by atoms with van der Waals surface area (Å²) in [5, 5.41) is 18.1. The molecule has 0 radical (unpaired) electrons. The number of carboxylic acid groups (broad SMARTS) is 1. The third-order valence-electron chi connectivity index (χ3n) is 2.78. The molecule has 0 fully saturated rings. The molecule has 1 N–H and O–H groups in total. The zero-order valence-corrected chi connectivity index (χ0v) is 9.84. The minimum atomic E-state index is -0.829. The number of rotatable bonds is 3. The Morgan fingerprint density at radius 1 is 1.29 bits per heavy atom. The van der Waals surface area contributed by atoms with Crippen molar-refractivity contribution >= 4 is 16.9 Å². The van der Waals surface area contributed by atoms with Crippen molar-refractivity contribution in [2.24, 2.45) is 0 Å². The molecular weight excluding hydrogens is 216 g/mol. The second kappa shape index (κ2) is 4.13. The average molecular weight is 230 g/mol. The van der Waals surface area contributed by atoms with Crippen LogP contribution < -0.4 is 0 Å². The van der Waals surface area contributed by atoms with Crippen LogP contribution in [0.2, 0.25) is 0 Å². The summed E-state index contributed by atoms with van der Waals surface area (Å²) in [5.74, 6) is -0.829. The van der Waals surface area contributed by atoms with Crippen molar-refractivity contribution in [2.45, 2.75) is 25.7 Å². The molecule has 17 heavy (non-hydrogen) atoms. The number of nitrogens with zero attached hydrogens (tertiary/aromatic N) is 2. The van der Waals surface area contributed by atoms with E-state index >= 15 is 0 Å². The summed E-state index contributed by atoms with van der Waals surface area (Å²) in [6, 6.07) is 9.57. The molecule has 0 atom stereocenters. The fourth-order valence-electron chi connectivity index (χ4n) is 1.78. The molecule has 2 rings (SSSR count). The Morgan fingerprint density at radius 2 is 2.00 bits per heavy atom. The minimum Gasteiger partial charge on any atom is -0.481 e. The van der Waals surface area contributed by atoms with E-state index in [1.807, 2.05) is 44.2 Å². The van der Waals surface area contributed by atoms with Crippen LogP contribution in [0.15, 0.2) is 30.3 Å². The van der Waals surface area contributed by atoms with Gasteiger partial charge in [-0.15, -0.1) is 0 Å². The molecule has 4 heteroatoms. The number of benzene rings is 1. The topological polar surface area (TPSA) is 63.1 Å². The maximum absolute atomic E-state index is 10.8. The minimum absolute atomic E-state index is 0.0417. The summed E-state index contributed by atoms with van der Waals surface area (Å²) in [5.41, 5.74) is 1.02. The fourth-order valence-corrected chi connectivity index (χ4v) is 1.78. The summed E-state index contributed by atoms with van der Waals surface area (Å²) in [6.07, 6.45) is 0.0417. The second-order valence-corrected chi connectivity index (χ2v) is 4.74. The Morgan fingerprint density at radius 3 is 2.71 bits per heavy atom. The van der Waals surface area contributed by atoms with Gasteiger partial charge in [-0.05, 0) is 12.1 Å². The Labute approximate surface area is 99.3 Å². The van der Waals surface area contributed by atoms with E-state index in [1.165, 1.54) is 0 Å². The summed E-state index contributed by atoms with van der Waals surface area (Å²) in [7, 11) is 0. The van der Waals surface area contributed by atoms with E-state index in [9.17, 15) is 4.79 Å². The molecular formula is C13H14N2O2. The van der Waals surface area contributed by atoms with Gasteiger partial charge in [0.2, 0.25) is 0 Å². The van der Waals surface area contributed by atoms with E-state index < -0.39 is 11.4 Å². The van der Waals surface area contributed by atoms with E-state index in [4.69, 9.17) is 5.11 Å².